The molecule has 1 aromatic rings. The summed E-state index contributed by atoms with van der Waals surface area (Å²) in [4.78, 5) is 21.1. The summed E-state index contributed by atoms with van der Waals surface area (Å²) >= 11 is 0. The Morgan fingerprint density at radius 2 is 2.31 bits per heavy atom. The summed E-state index contributed by atoms with van der Waals surface area (Å²) in [6.45, 7) is 1.14. The number of hydrogen-bond acceptors (Lipinski definition) is 4. The second-order valence-electron chi connectivity index (χ2n) is 2.34. The second-order valence-corrected chi connectivity index (χ2v) is 2.34. The van der Waals surface area contributed by atoms with Gasteiger partial charge in [-0.1, -0.05) is 0 Å². The van der Waals surface area contributed by atoms with E-state index in [4.69, 9.17) is 9.52 Å². The molecule has 0 saturated carbocycles. The summed E-state index contributed by atoms with van der Waals surface area (Å²) in [5.41, 5.74) is 0. The fraction of sp³-hybridized carbons (Fsp3) is 0.250. The zero-order chi connectivity index (χ0) is 9.84. The predicted molar refractivity (Wildman–Crippen MR) is 40.9 cm³/mol. The van der Waals surface area contributed by atoms with Crippen molar-refractivity contribution in [1.82, 2.24) is 0 Å². The fourth-order valence-corrected chi connectivity index (χ4v) is 0.837. The van der Waals surface area contributed by atoms with Gasteiger partial charge in [0, 0.05) is 6.92 Å². The molecule has 13 heavy (non-hydrogen) atoms. The van der Waals surface area contributed by atoms with E-state index in [1.807, 2.05) is 0 Å². The van der Waals surface area contributed by atoms with E-state index >= 15 is 0 Å². The summed E-state index contributed by atoms with van der Waals surface area (Å²) in [7, 11) is 0. The van der Waals surface area contributed by atoms with E-state index in [2.05, 4.69) is 4.74 Å². The van der Waals surface area contributed by atoms with Crippen LogP contribution in [0.2, 0.25) is 0 Å². The quantitative estimate of drug-likeness (QED) is 0.708. The standard InChI is InChI=1S/C8H8O5/c1-5(9)13-7(8(10)11)6-3-2-4-12-6/h2-4,7H,1H3,(H,10,11). The molecule has 0 spiro atoms. The lowest BCUT2D eigenvalue weighted by atomic mass is 10.3. The van der Waals surface area contributed by atoms with Crippen LogP contribution in [0.4, 0.5) is 0 Å². The molecule has 70 valence electrons. The van der Waals surface area contributed by atoms with E-state index in [0.29, 0.717) is 0 Å². The van der Waals surface area contributed by atoms with Crippen LogP contribution in [-0.2, 0) is 14.3 Å². The Bertz CT molecular complexity index is 300. The van der Waals surface area contributed by atoms with Gasteiger partial charge in [0.15, 0.2) is 5.76 Å². The Labute approximate surface area is 73.9 Å². The highest BCUT2D eigenvalue weighted by Gasteiger charge is 2.25. The fourth-order valence-electron chi connectivity index (χ4n) is 0.837. The Balaban J connectivity index is 2.81. The average Bonchev–Trinajstić information content (AvgIpc) is 2.50. The van der Waals surface area contributed by atoms with Crippen molar-refractivity contribution in [2.45, 2.75) is 13.0 Å². The van der Waals surface area contributed by atoms with Gasteiger partial charge < -0.3 is 14.3 Å². The molecule has 0 aliphatic rings. The molecule has 0 aliphatic carbocycles. The number of hydrogen-bond donors (Lipinski definition) is 1. The number of aliphatic carboxylic acids is 1. The number of rotatable bonds is 3. The molecule has 1 N–H and O–H groups in total. The smallest absolute Gasteiger partial charge is 0.353 e. The third-order valence-electron chi connectivity index (χ3n) is 1.31. The topological polar surface area (TPSA) is 76.7 Å². The van der Waals surface area contributed by atoms with E-state index < -0.39 is 18.0 Å². The van der Waals surface area contributed by atoms with Crippen LogP contribution in [0, 0.1) is 0 Å². The largest absolute Gasteiger partial charge is 0.478 e. The van der Waals surface area contributed by atoms with Gasteiger partial charge >= 0.3 is 11.9 Å². The number of ether oxygens (including phenoxy) is 1. The van der Waals surface area contributed by atoms with Crippen LogP contribution in [0.3, 0.4) is 0 Å². The number of furan rings is 1. The Morgan fingerprint density at radius 3 is 2.69 bits per heavy atom. The first-order chi connectivity index (χ1) is 6.11. The molecule has 0 amide bonds. The van der Waals surface area contributed by atoms with Crippen LogP contribution < -0.4 is 0 Å². The monoisotopic (exact) mass is 184 g/mol. The van der Waals surface area contributed by atoms with Crippen molar-refractivity contribution < 1.29 is 23.8 Å². The van der Waals surface area contributed by atoms with Gasteiger partial charge in [-0.3, -0.25) is 4.79 Å². The molecule has 1 unspecified atom stereocenters. The van der Waals surface area contributed by atoms with Gasteiger partial charge in [-0.2, -0.15) is 0 Å². The Hall–Kier alpha value is -1.78. The van der Waals surface area contributed by atoms with Crippen molar-refractivity contribution in [1.29, 1.82) is 0 Å². The predicted octanol–water partition coefficient (Wildman–Crippen LogP) is 0.968. The van der Waals surface area contributed by atoms with Crippen molar-refractivity contribution >= 4 is 11.9 Å². The molecule has 1 atom stereocenters. The van der Waals surface area contributed by atoms with Crippen LogP contribution in [0.25, 0.3) is 0 Å². The Morgan fingerprint density at radius 1 is 1.62 bits per heavy atom. The summed E-state index contributed by atoms with van der Waals surface area (Å²) in [6, 6.07) is 2.95. The van der Waals surface area contributed by atoms with Crippen molar-refractivity contribution in [3.05, 3.63) is 24.2 Å². The van der Waals surface area contributed by atoms with Gasteiger partial charge in [-0.05, 0) is 12.1 Å². The van der Waals surface area contributed by atoms with Gasteiger partial charge in [0.1, 0.15) is 0 Å². The highest BCUT2D eigenvalue weighted by molar-refractivity contribution is 5.77. The molecular formula is C8H8O5. The zero-order valence-electron chi connectivity index (χ0n) is 6.89. The number of carbonyl (C=O) groups is 2. The minimum absolute atomic E-state index is 0.0997. The Kier molecular flexibility index (Phi) is 2.69. The molecule has 1 rings (SSSR count). The van der Waals surface area contributed by atoms with Gasteiger partial charge in [0.25, 0.3) is 6.10 Å². The molecule has 0 aliphatic heterocycles. The highest BCUT2D eigenvalue weighted by Crippen LogP contribution is 2.17. The minimum Gasteiger partial charge on any atom is -0.478 e. The van der Waals surface area contributed by atoms with Crippen LogP contribution >= 0.6 is 0 Å². The lowest BCUT2D eigenvalue weighted by molar-refractivity contribution is -0.164. The third kappa shape index (κ3) is 2.33. The molecule has 1 aromatic heterocycles. The maximum absolute atomic E-state index is 10.6. The van der Waals surface area contributed by atoms with Gasteiger partial charge in [-0.15, -0.1) is 0 Å². The molecule has 0 fully saturated rings. The number of esters is 1. The van der Waals surface area contributed by atoms with Crippen LogP contribution in [-0.4, -0.2) is 17.0 Å². The summed E-state index contributed by atoms with van der Waals surface area (Å²) < 4.78 is 9.32. The first kappa shape index (κ1) is 9.31. The van der Waals surface area contributed by atoms with E-state index in [0.717, 1.165) is 6.92 Å². The van der Waals surface area contributed by atoms with E-state index in [1.54, 1.807) is 0 Å². The first-order valence-corrected chi connectivity index (χ1v) is 3.54. The summed E-state index contributed by atoms with van der Waals surface area (Å²) in [5, 5.41) is 8.66. The molecule has 0 aromatic carbocycles. The van der Waals surface area contributed by atoms with Gasteiger partial charge in [0.2, 0.25) is 0 Å². The normalized spacial score (nSPS) is 12.1. The third-order valence-corrected chi connectivity index (χ3v) is 1.31. The lowest BCUT2D eigenvalue weighted by Gasteiger charge is -2.08. The first-order valence-electron chi connectivity index (χ1n) is 3.54. The number of carbonyl (C=O) groups excluding carboxylic acids is 1. The maximum Gasteiger partial charge on any atom is 0.353 e. The number of carboxylic acids is 1. The highest BCUT2D eigenvalue weighted by atomic mass is 16.6. The summed E-state index contributed by atoms with van der Waals surface area (Å²) in [5.74, 6) is -1.82. The molecule has 0 saturated heterocycles. The summed E-state index contributed by atoms with van der Waals surface area (Å²) in [6.07, 6.45) is -0.0399. The minimum atomic E-state index is -1.35. The van der Waals surface area contributed by atoms with Crippen molar-refractivity contribution in [3.63, 3.8) is 0 Å². The average molecular weight is 184 g/mol. The van der Waals surface area contributed by atoms with Crippen LogP contribution in [0.15, 0.2) is 22.8 Å². The second kappa shape index (κ2) is 3.75. The van der Waals surface area contributed by atoms with Crippen LogP contribution in [0.5, 0.6) is 0 Å². The molecule has 0 bridgehead atoms. The van der Waals surface area contributed by atoms with Gasteiger partial charge in [-0.25, -0.2) is 4.79 Å². The molecule has 5 heteroatoms. The van der Waals surface area contributed by atoms with Crippen molar-refractivity contribution in [2.24, 2.45) is 0 Å². The SMILES string of the molecule is CC(=O)OC(C(=O)O)c1ccco1. The van der Waals surface area contributed by atoms with Gasteiger partial charge in [0.05, 0.1) is 6.26 Å². The molecule has 1 heterocycles. The number of carboxylic acid groups (broad SMARTS) is 1. The zero-order valence-corrected chi connectivity index (χ0v) is 6.89. The molecule has 5 nitrogen and oxygen atoms in total. The van der Waals surface area contributed by atoms with Crippen molar-refractivity contribution in [2.75, 3.05) is 0 Å². The van der Waals surface area contributed by atoms with Crippen LogP contribution in [0.1, 0.15) is 18.8 Å². The van der Waals surface area contributed by atoms with Crippen molar-refractivity contribution in [3.8, 4) is 0 Å². The van der Waals surface area contributed by atoms with E-state index in [1.165, 1.54) is 18.4 Å². The van der Waals surface area contributed by atoms with E-state index in [-0.39, 0.29) is 5.76 Å². The van der Waals surface area contributed by atoms with E-state index in [9.17, 15) is 9.59 Å². The maximum atomic E-state index is 10.6. The lowest BCUT2D eigenvalue weighted by Crippen LogP contribution is -2.17. The molecular weight excluding hydrogens is 176 g/mol. The molecule has 0 radical (unpaired) electrons.